The number of hydrogen-bond donors (Lipinski definition) is 0. The molecule has 2 aromatic rings. The molecule has 0 saturated heterocycles. The van der Waals surface area contributed by atoms with Gasteiger partial charge in [-0.25, -0.2) is 13.2 Å². The molecule has 0 fully saturated rings. The molecule has 2 aromatic carbocycles. The zero-order valence-electron chi connectivity index (χ0n) is 18.6. The second kappa shape index (κ2) is 8.45. The molecule has 174 valence electrons. The molecule has 0 bridgehead atoms. The number of aliphatic imine (C=N–C) groups is 1. The molecular weight excluding hydrogens is 482 g/mol. The van der Waals surface area contributed by atoms with Crippen LogP contribution in [0.15, 0.2) is 58.4 Å². The smallest absolute Gasteiger partial charge is 0.328 e. The van der Waals surface area contributed by atoms with Crippen LogP contribution >= 0.6 is 23.4 Å². The molecule has 0 aromatic heterocycles. The molecule has 33 heavy (non-hydrogen) atoms. The SMILES string of the molecule is CCN1C2=NC(=O)N(C)C(=O)C2(Cl)C(C(SC)S(=O)(=O)c2ccc(C)cc2)c2ccccc21. The van der Waals surface area contributed by atoms with Crippen molar-refractivity contribution in [1.29, 1.82) is 0 Å². The van der Waals surface area contributed by atoms with Crippen LogP contribution in [0.5, 0.6) is 0 Å². The van der Waals surface area contributed by atoms with Crippen molar-refractivity contribution >= 4 is 56.7 Å². The summed E-state index contributed by atoms with van der Waals surface area (Å²) >= 11 is 8.27. The average Bonchev–Trinajstić information content (AvgIpc) is 2.80. The maximum absolute atomic E-state index is 13.9. The van der Waals surface area contributed by atoms with Crippen molar-refractivity contribution in [3.05, 3.63) is 59.7 Å². The Morgan fingerprint density at radius 1 is 1.15 bits per heavy atom. The third-order valence-corrected chi connectivity index (χ3v) is 10.6. The fourth-order valence-electron chi connectivity index (χ4n) is 4.49. The van der Waals surface area contributed by atoms with E-state index in [1.165, 1.54) is 7.05 Å². The zero-order valence-corrected chi connectivity index (χ0v) is 21.0. The number of thioether (sulfide) groups is 1. The Morgan fingerprint density at radius 3 is 2.39 bits per heavy atom. The maximum atomic E-state index is 13.9. The molecule has 3 atom stereocenters. The topological polar surface area (TPSA) is 87.1 Å². The van der Waals surface area contributed by atoms with Gasteiger partial charge in [-0.05, 0) is 43.9 Å². The lowest BCUT2D eigenvalue weighted by atomic mass is 9.78. The summed E-state index contributed by atoms with van der Waals surface area (Å²) < 4.78 is 26.7. The second-order valence-electron chi connectivity index (χ2n) is 8.04. The quantitative estimate of drug-likeness (QED) is 0.570. The summed E-state index contributed by atoms with van der Waals surface area (Å²) in [4.78, 5) is 31.1. The Balaban J connectivity index is 2.02. The van der Waals surface area contributed by atoms with Gasteiger partial charge in [-0.1, -0.05) is 47.5 Å². The summed E-state index contributed by atoms with van der Waals surface area (Å²) in [5.41, 5.74) is 2.24. The summed E-state index contributed by atoms with van der Waals surface area (Å²) in [6.45, 7) is 4.14. The minimum absolute atomic E-state index is 0.0709. The van der Waals surface area contributed by atoms with Gasteiger partial charge in [0.1, 0.15) is 10.4 Å². The molecule has 10 heteroatoms. The third-order valence-electron chi connectivity index (χ3n) is 6.15. The summed E-state index contributed by atoms with van der Waals surface area (Å²) in [7, 11) is -2.62. The number of aryl methyl sites for hydroxylation is 1. The number of fused-ring (bicyclic) bond motifs is 2. The van der Waals surface area contributed by atoms with Crippen LogP contribution in [0.2, 0.25) is 0 Å². The molecule has 3 unspecified atom stereocenters. The number of benzene rings is 2. The Labute approximate surface area is 202 Å². The highest BCUT2D eigenvalue weighted by Gasteiger charge is 2.63. The molecule has 0 radical (unpaired) electrons. The van der Waals surface area contributed by atoms with Crippen LogP contribution in [-0.2, 0) is 14.6 Å². The van der Waals surface area contributed by atoms with Crippen molar-refractivity contribution in [2.24, 2.45) is 4.99 Å². The number of carbonyl (C=O) groups is 2. The molecule has 3 amide bonds. The molecule has 0 saturated carbocycles. The number of imide groups is 1. The minimum Gasteiger partial charge on any atom is -0.328 e. The number of halogens is 1. The lowest BCUT2D eigenvalue weighted by Gasteiger charge is -2.49. The van der Waals surface area contributed by atoms with Crippen LogP contribution in [0.4, 0.5) is 10.5 Å². The first-order chi connectivity index (χ1) is 15.6. The number of amidine groups is 1. The number of amides is 3. The van der Waals surface area contributed by atoms with Crippen LogP contribution in [0.1, 0.15) is 24.0 Å². The van der Waals surface area contributed by atoms with Crippen molar-refractivity contribution in [3.63, 3.8) is 0 Å². The number of sulfone groups is 1. The van der Waals surface area contributed by atoms with Gasteiger partial charge in [-0.3, -0.25) is 9.69 Å². The van der Waals surface area contributed by atoms with E-state index in [4.69, 9.17) is 11.6 Å². The zero-order chi connectivity index (χ0) is 24.1. The Bertz CT molecular complexity index is 1260. The highest BCUT2D eigenvalue weighted by Crippen LogP contribution is 2.53. The number of carbonyl (C=O) groups excluding carboxylic acids is 2. The fraction of sp³-hybridized carbons (Fsp3) is 0.348. The molecule has 2 heterocycles. The van der Waals surface area contributed by atoms with Gasteiger partial charge in [0.05, 0.1) is 4.90 Å². The number of nitrogens with zero attached hydrogens (tertiary/aromatic N) is 3. The van der Waals surface area contributed by atoms with Crippen LogP contribution in [-0.4, -0.2) is 60.4 Å². The fourth-order valence-corrected chi connectivity index (χ4v) is 8.61. The first kappa shape index (κ1) is 23.8. The molecule has 0 spiro atoms. The van der Waals surface area contributed by atoms with Gasteiger partial charge in [-0.2, -0.15) is 4.99 Å². The van der Waals surface area contributed by atoms with E-state index in [9.17, 15) is 18.0 Å². The average molecular weight is 506 g/mol. The summed E-state index contributed by atoms with van der Waals surface area (Å²) in [5.74, 6) is -1.60. The van der Waals surface area contributed by atoms with E-state index in [0.29, 0.717) is 17.8 Å². The number of urea groups is 1. The van der Waals surface area contributed by atoms with Gasteiger partial charge in [0.15, 0.2) is 14.7 Å². The normalized spacial score (nSPS) is 23.7. The van der Waals surface area contributed by atoms with Crippen LogP contribution in [0, 0.1) is 6.92 Å². The van der Waals surface area contributed by atoms with Crippen molar-refractivity contribution in [2.75, 3.05) is 24.7 Å². The molecule has 0 N–H and O–H groups in total. The van der Waals surface area contributed by atoms with Crippen molar-refractivity contribution < 1.29 is 18.0 Å². The van der Waals surface area contributed by atoms with E-state index in [0.717, 1.165) is 22.2 Å². The highest BCUT2D eigenvalue weighted by molar-refractivity contribution is 8.13. The van der Waals surface area contributed by atoms with E-state index >= 15 is 0 Å². The van der Waals surface area contributed by atoms with Gasteiger partial charge in [-0.15, -0.1) is 11.8 Å². The standard InChI is InChI=1S/C23H24ClN3O4S2/c1-5-27-17-9-7-6-8-16(17)18(23(24)20(27)25-22(29)26(3)21(23)28)19(32-4)33(30,31)15-12-10-14(2)11-13-15/h6-13,18-19H,5H2,1-4H3. The maximum Gasteiger partial charge on any atom is 0.351 e. The molecule has 4 rings (SSSR count). The van der Waals surface area contributed by atoms with Gasteiger partial charge < -0.3 is 4.90 Å². The summed E-state index contributed by atoms with van der Waals surface area (Å²) in [6.07, 6.45) is 1.68. The van der Waals surface area contributed by atoms with E-state index in [-0.39, 0.29) is 10.7 Å². The highest BCUT2D eigenvalue weighted by atomic mass is 35.5. The van der Waals surface area contributed by atoms with Crippen molar-refractivity contribution in [3.8, 4) is 0 Å². The first-order valence-corrected chi connectivity index (χ1v) is 13.6. The lowest BCUT2D eigenvalue weighted by molar-refractivity contribution is -0.129. The second-order valence-corrected chi connectivity index (χ2v) is 12.0. The monoisotopic (exact) mass is 505 g/mol. The molecule has 7 nitrogen and oxygen atoms in total. The molecular formula is C23H24ClN3O4S2. The van der Waals surface area contributed by atoms with Gasteiger partial charge in [0, 0.05) is 25.2 Å². The van der Waals surface area contributed by atoms with E-state index < -0.39 is 37.1 Å². The van der Waals surface area contributed by atoms with E-state index in [1.807, 2.05) is 26.0 Å². The predicted octanol–water partition coefficient (Wildman–Crippen LogP) is 4.05. The molecule has 0 aliphatic carbocycles. The number of para-hydroxylation sites is 1. The predicted molar refractivity (Wildman–Crippen MR) is 132 cm³/mol. The Morgan fingerprint density at radius 2 is 1.79 bits per heavy atom. The Hall–Kier alpha value is -2.36. The minimum atomic E-state index is -3.93. The molecule has 2 aliphatic heterocycles. The van der Waals surface area contributed by atoms with Gasteiger partial charge in [0.25, 0.3) is 5.91 Å². The number of alkyl halides is 1. The van der Waals surface area contributed by atoms with Gasteiger partial charge >= 0.3 is 6.03 Å². The summed E-state index contributed by atoms with van der Waals surface area (Å²) in [6, 6.07) is 13.1. The van der Waals surface area contributed by atoms with Crippen molar-refractivity contribution in [2.45, 2.75) is 34.1 Å². The van der Waals surface area contributed by atoms with Crippen molar-refractivity contribution in [1.82, 2.24) is 4.90 Å². The lowest BCUT2D eigenvalue weighted by Crippen LogP contribution is -2.66. The first-order valence-electron chi connectivity index (χ1n) is 10.4. The third kappa shape index (κ3) is 3.48. The summed E-state index contributed by atoms with van der Waals surface area (Å²) in [5, 5.41) is 0. The number of anilines is 1. The van der Waals surface area contributed by atoms with Crippen LogP contribution < -0.4 is 4.90 Å². The van der Waals surface area contributed by atoms with Crippen LogP contribution in [0.25, 0.3) is 0 Å². The number of hydrogen-bond acceptors (Lipinski definition) is 6. The Kier molecular flexibility index (Phi) is 6.09. The number of rotatable bonds is 5. The van der Waals surface area contributed by atoms with E-state index in [1.54, 1.807) is 47.6 Å². The van der Waals surface area contributed by atoms with E-state index in [2.05, 4.69) is 4.99 Å². The molecule has 2 aliphatic rings. The van der Waals surface area contributed by atoms with Crippen LogP contribution in [0.3, 0.4) is 0 Å². The largest absolute Gasteiger partial charge is 0.351 e. The van der Waals surface area contributed by atoms with Gasteiger partial charge in [0.2, 0.25) is 0 Å².